The van der Waals surface area contributed by atoms with E-state index in [-0.39, 0.29) is 6.17 Å². The summed E-state index contributed by atoms with van der Waals surface area (Å²) in [6.07, 6.45) is 8.95. The first-order valence-electron chi connectivity index (χ1n) is 7.97. The molecule has 0 saturated carbocycles. The molecule has 3 aromatic rings. The van der Waals surface area contributed by atoms with Gasteiger partial charge in [0.2, 0.25) is 0 Å². The highest BCUT2D eigenvalue weighted by molar-refractivity contribution is 7.20. The predicted molar refractivity (Wildman–Crippen MR) is 103 cm³/mol. The summed E-state index contributed by atoms with van der Waals surface area (Å²) in [6.45, 7) is 9.34. The van der Waals surface area contributed by atoms with Gasteiger partial charge < -0.3 is 15.5 Å². The average molecular weight is 361 g/mol. The number of thiazole rings is 1. The number of hydrogen-bond acceptors (Lipinski definition) is 7. The quantitative estimate of drug-likeness (QED) is 0.681. The Morgan fingerprint density at radius 2 is 2.27 bits per heavy atom. The van der Waals surface area contributed by atoms with Gasteiger partial charge in [0.15, 0.2) is 16.6 Å². The standard InChI is InChI=1S/C18H15N7S/c1-12-21-8-9-25(12)17-16(13-4-3-5-14(10-13)19-2)24-18(26-17)23-15-11-20-6-7-22-15/h3-12,21H,1H3,(H,22,23,24). The molecule has 0 spiro atoms. The molecule has 8 heteroatoms. The molecule has 0 bridgehead atoms. The van der Waals surface area contributed by atoms with E-state index in [1.54, 1.807) is 24.7 Å². The van der Waals surface area contributed by atoms with E-state index < -0.39 is 0 Å². The highest BCUT2D eigenvalue weighted by Gasteiger charge is 2.23. The van der Waals surface area contributed by atoms with Crippen LogP contribution in [-0.2, 0) is 0 Å². The van der Waals surface area contributed by atoms with Gasteiger partial charge in [0, 0.05) is 24.8 Å². The molecule has 2 N–H and O–H groups in total. The molecule has 1 aromatic carbocycles. The van der Waals surface area contributed by atoms with Crippen molar-refractivity contribution in [1.82, 2.24) is 20.3 Å². The van der Waals surface area contributed by atoms with Crippen molar-refractivity contribution in [3.8, 4) is 11.3 Å². The summed E-state index contributed by atoms with van der Waals surface area (Å²) < 4.78 is 0. The summed E-state index contributed by atoms with van der Waals surface area (Å²) in [6, 6.07) is 7.50. The fourth-order valence-electron chi connectivity index (χ4n) is 2.64. The molecule has 0 saturated heterocycles. The first kappa shape index (κ1) is 16.1. The Morgan fingerprint density at radius 1 is 1.35 bits per heavy atom. The second-order valence-corrected chi connectivity index (χ2v) is 6.59. The monoisotopic (exact) mass is 361 g/mol. The van der Waals surface area contributed by atoms with Crippen LogP contribution in [-0.4, -0.2) is 21.1 Å². The zero-order chi connectivity index (χ0) is 17.9. The summed E-state index contributed by atoms with van der Waals surface area (Å²) in [4.78, 5) is 18.7. The molecule has 1 unspecified atom stereocenters. The van der Waals surface area contributed by atoms with Gasteiger partial charge in [-0.05, 0) is 18.6 Å². The maximum Gasteiger partial charge on any atom is 0.190 e. The van der Waals surface area contributed by atoms with Crippen molar-refractivity contribution in [2.24, 2.45) is 0 Å². The maximum atomic E-state index is 7.26. The average Bonchev–Trinajstić information content (AvgIpc) is 3.28. The number of hydrogen-bond donors (Lipinski definition) is 2. The predicted octanol–water partition coefficient (Wildman–Crippen LogP) is 4.12. The molecule has 7 nitrogen and oxygen atoms in total. The van der Waals surface area contributed by atoms with Crippen LogP contribution in [0.15, 0.2) is 55.3 Å². The fraction of sp³-hybridized carbons (Fsp3) is 0.111. The van der Waals surface area contributed by atoms with Crippen LogP contribution in [0.2, 0.25) is 0 Å². The molecular formula is C18H15N7S. The van der Waals surface area contributed by atoms with Gasteiger partial charge in [-0.3, -0.25) is 4.98 Å². The fourth-order valence-corrected chi connectivity index (χ4v) is 3.70. The van der Waals surface area contributed by atoms with Gasteiger partial charge in [0.25, 0.3) is 0 Å². The van der Waals surface area contributed by atoms with Crippen molar-refractivity contribution in [3.05, 3.63) is 66.7 Å². The number of benzene rings is 1. The van der Waals surface area contributed by atoms with Crippen LogP contribution in [0.5, 0.6) is 0 Å². The molecule has 0 amide bonds. The molecule has 2 aromatic heterocycles. The van der Waals surface area contributed by atoms with E-state index in [1.807, 2.05) is 30.6 Å². The minimum absolute atomic E-state index is 0.127. The lowest BCUT2D eigenvalue weighted by molar-refractivity contribution is 0.687. The van der Waals surface area contributed by atoms with E-state index in [1.165, 1.54) is 11.3 Å². The Balaban J connectivity index is 1.77. The van der Waals surface area contributed by atoms with Gasteiger partial charge in [0.05, 0.1) is 12.8 Å². The van der Waals surface area contributed by atoms with Crippen molar-refractivity contribution in [1.29, 1.82) is 0 Å². The van der Waals surface area contributed by atoms with Crippen LogP contribution in [0, 0.1) is 6.57 Å². The lowest BCUT2D eigenvalue weighted by Crippen LogP contribution is -2.31. The summed E-state index contributed by atoms with van der Waals surface area (Å²) in [5, 5.41) is 8.18. The molecule has 0 radical (unpaired) electrons. The van der Waals surface area contributed by atoms with E-state index in [2.05, 4.69) is 37.3 Å². The van der Waals surface area contributed by atoms with Gasteiger partial charge in [0.1, 0.15) is 16.9 Å². The third-order valence-electron chi connectivity index (χ3n) is 3.88. The number of nitrogens with one attached hydrogen (secondary N) is 2. The molecule has 128 valence electrons. The molecule has 3 heterocycles. The van der Waals surface area contributed by atoms with E-state index in [4.69, 9.17) is 11.6 Å². The van der Waals surface area contributed by atoms with E-state index >= 15 is 0 Å². The molecule has 0 fully saturated rings. The summed E-state index contributed by atoms with van der Waals surface area (Å²) in [5.74, 6) is 0.636. The summed E-state index contributed by atoms with van der Waals surface area (Å²) in [5.41, 5.74) is 2.32. The van der Waals surface area contributed by atoms with Crippen molar-refractivity contribution in [3.63, 3.8) is 0 Å². The number of rotatable bonds is 4. The van der Waals surface area contributed by atoms with Crippen LogP contribution < -0.4 is 15.5 Å². The largest absolute Gasteiger partial charge is 0.370 e. The highest BCUT2D eigenvalue weighted by Crippen LogP contribution is 2.41. The topological polar surface area (TPSA) is 70.3 Å². The Kier molecular flexibility index (Phi) is 4.21. The Morgan fingerprint density at radius 3 is 3.00 bits per heavy atom. The number of aromatic nitrogens is 3. The first-order valence-corrected chi connectivity index (χ1v) is 8.79. The lowest BCUT2D eigenvalue weighted by Gasteiger charge is -2.21. The van der Waals surface area contributed by atoms with E-state index in [9.17, 15) is 0 Å². The second kappa shape index (κ2) is 6.82. The number of anilines is 3. The van der Waals surface area contributed by atoms with Crippen LogP contribution in [0.25, 0.3) is 16.1 Å². The molecule has 1 aliphatic heterocycles. The van der Waals surface area contributed by atoms with Gasteiger partial charge in [-0.15, -0.1) is 0 Å². The number of nitrogens with zero attached hydrogens (tertiary/aromatic N) is 5. The van der Waals surface area contributed by atoms with Crippen LogP contribution >= 0.6 is 11.3 Å². The van der Waals surface area contributed by atoms with Gasteiger partial charge >= 0.3 is 0 Å². The van der Waals surface area contributed by atoms with Crippen molar-refractivity contribution in [2.45, 2.75) is 13.1 Å². The molecule has 26 heavy (non-hydrogen) atoms. The van der Waals surface area contributed by atoms with Crippen LogP contribution in [0.1, 0.15) is 6.92 Å². The minimum Gasteiger partial charge on any atom is -0.370 e. The Bertz CT molecular complexity index is 990. The summed E-state index contributed by atoms with van der Waals surface area (Å²) >= 11 is 1.53. The highest BCUT2D eigenvalue weighted by atomic mass is 32.1. The molecule has 0 aliphatic carbocycles. The maximum absolute atomic E-state index is 7.26. The zero-order valence-corrected chi connectivity index (χ0v) is 14.7. The Labute approximate surface area is 154 Å². The second-order valence-electron chi connectivity index (χ2n) is 5.62. The lowest BCUT2D eigenvalue weighted by atomic mass is 10.1. The Hall–Kier alpha value is -3.44. The minimum atomic E-state index is 0.127. The van der Waals surface area contributed by atoms with Crippen molar-refractivity contribution < 1.29 is 0 Å². The van der Waals surface area contributed by atoms with Gasteiger partial charge in [-0.1, -0.05) is 29.5 Å². The van der Waals surface area contributed by atoms with Crippen LogP contribution in [0.4, 0.5) is 21.6 Å². The first-order chi connectivity index (χ1) is 12.7. The normalized spacial score (nSPS) is 15.5. The van der Waals surface area contributed by atoms with E-state index in [0.717, 1.165) is 21.4 Å². The SMILES string of the molecule is [C-]#[N+]c1cccc(-c2nc(Nc3cnccn3)sc2N2C=CNC2C)c1. The molecule has 1 atom stereocenters. The van der Waals surface area contributed by atoms with Gasteiger partial charge in [-0.25, -0.2) is 14.8 Å². The third kappa shape index (κ3) is 3.08. The summed E-state index contributed by atoms with van der Waals surface area (Å²) in [7, 11) is 0. The van der Waals surface area contributed by atoms with Crippen molar-refractivity contribution in [2.75, 3.05) is 10.2 Å². The van der Waals surface area contributed by atoms with Crippen molar-refractivity contribution >= 4 is 33.0 Å². The zero-order valence-electron chi connectivity index (χ0n) is 13.9. The van der Waals surface area contributed by atoms with Gasteiger partial charge in [-0.2, -0.15) is 0 Å². The smallest absolute Gasteiger partial charge is 0.190 e. The van der Waals surface area contributed by atoms with E-state index in [0.29, 0.717) is 11.5 Å². The third-order valence-corrected chi connectivity index (χ3v) is 4.86. The van der Waals surface area contributed by atoms with Crippen LogP contribution in [0.3, 0.4) is 0 Å². The molecular weight excluding hydrogens is 346 g/mol. The molecule has 4 rings (SSSR count). The molecule has 1 aliphatic rings.